The Bertz CT molecular complexity index is 370. The molecular formula is C11H13ClO2. The first-order valence-electron chi connectivity index (χ1n) is 4.64. The lowest BCUT2D eigenvalue weighted by atomic mass is 10.0. The maximum absolute atomic E-state index is 10.0. The highest BCUT2D eigenvalue weighted by Gasteiger charge is 2.44. The molecule has 2 nitrogen and oxygen atoms in total. The van der Waals surface area contributed by atoms with E-state index in [9.17, 15) is 5.11 Å². The Hall–Kier alpha value is -0.730. The maximum Gasteiger partial charge on any atom is 0.127 e. The van der Waals surface area contributed by atoms with Crippen molar-refractivity contribution in [1.82, 2.24) is 0 Å². The number of halogens is 1. The number of methoxy groups -OCH3 is 1. The second-order valence-corrected chi connectivity index (χ2v) is 4.27. The highest BCUT2D eigenvalue weighted by molar-refractivity contribution is 6.30. The molecule has 1 fully saturated rings. The Balaban J connectivity index is 2.56. The summed E-state index contributed by atoms with van der Waals surface area (Å²) in [6.07, 6.45) is 1.59. The molecule has 0 atom stereocenters. The number of rotatable bonds is 2. The van der Waals surface area contributed by atoms with Gasteiger partial charge in [0.15, 0.2) is 0 Å². The average Bonchev–Trinajstić information content (AvgIpc) is 2.84. The first-order chi connectivity index (χ1) is 6.57. The zero-order valence-electron chi connectivity index (χ0n) is 8.30. The lowest BCUT2D eigenvalue weighted by Crippen LogP contribution is -2.07. The fraction of sp³-hybridized carbons (Fsp3) is 0.455. The van der Waals surface area contributed by atoms with Gasteiger partial charge in [-0.1, -0.05) is 11.6 Å². The van der Waals surface area contributed by atoms with Crippen LogP contribution in [0.3, 0.4) is 0 Å². The van der Waals surface area contributed by atoms with Crippen LogP contribution in [0.15, 0.2) is 12.1 Å². The molecule has 0 aliphatic heterocycles. The fourth-order valence-corrected chi connectivity index (χ4v) is 2.01. The summed E-state index contributed by atoms with van der Waals surface area (Å²) in [5, 5.41) is 10.7. The predicted octanol–water partition coefficient (Wildman–Crippen LogP) is 2.64. The largest absolute Gasteiger partial charge is 0.496 e. The Morgan fingerprint density at radius 3 is 2.57 bits per heavy atom. The third-order valence-electron chi connectivity index (χ3n) is 2.67. The van der Waals surface area contributed by atoms with Crippen LogP contribution in [0, 0.1) is 6.92 Å². The third kappa shape index (κ3) is 1.49. The summed E-state index contributed by atoms with van der Waals surface area (Å²) in [5.41, 5.74) is 1.10. The van der Waals surface area contributed by atoms with Crippen LogP contribution in [0.2, 0.25) is 5.02 Å². The average molecular weight is 213 g/mol. The van der Waals surface area contributed by atoms with Crippen molar-refractivity contribution < 1.29 is 9.84 Å². The Morgan fingerprint density at radius 2 is 2.07 bits per heavy atom. The van der Waals surface area contributed by atoms with Gasteiger partial charge in [0.25, 0.3) is 0 Å². The van der Waals surface area contributed by atoms with E-state index in [-0.39, 0.29) is 0 Å². The molecule has 1 N–H and O–H groups in total. The molecule has 0 saturated heterocycles. The quantitative estimate of drug-likeness (QED) is 0.817. The standard InChI is InChI=1S/C11H13ClO2/c1-7-5-8(12)6-9(10(7)14-2)11(13)3-4-11/h5-6,13H,3-4H2,1-2H3. The summed E-state index contributed by atoms with van der Waals surface area (Å²) in [6, 6.07) is 3.63. The van der Waals surface area contributed by atoms with Gasteiger partial charge in [-0.2, -0.15) is 0 Å². The number of aliphatic hydroxyl groups is 1. The fourth-order valence-electron chi connectivity index (χ4n) is 1.73. The van der Waals surface area contributed by atoms with E-state index in [0.717, 1.165) is 29.7 Å². The highest BCUT2D eigenvalue weighted by atomic mass is 35.5. The van der Waals surface area contributed by atoms with Crippen molar-refractivity contribution >= 4 is 11.6 Å². The minimum Gasteiger partial charge on any atom is -0.496 e. The summed E-state index contributed by atoms with van der Waals surface area (Å²) in [6.45, 7) is 1.93. The lowest BCUT2D eigenvalue weighted by molar-refractivity contribution is 0.147. The number of hydrogen-bond donors (Lipinski definition) is 1. The molecule has 0 heterocycles. The molecule has 1 saturated carbocycles. The van der Waals surface area contributed by atoms with E-state index in [2.05, 4.69) is 0 Å². The molecule has 1 aliphatic carbocycles. The molecule has 2 rings (SSSR count). The second-order valence-electron chi connectivity index (χ2n) is 3.84. The molecular weight excluding hydrogens is 200 g/mol. The number of aryl methyl sites for hydroxylation is 1. The molecule has 14 heavy (non-hydrogen) atoms. The van der Waals surface area contributed by atoms with Crippen LogP contribution in [0.25, 0.3) is 0 Å². The van der Waals surface area contributed by atoms with Gasteiger partial charge in [0, 0.05) is 10.6 Å². The minimum atomic E-state index is -0.693. The van der Waals surface area contributed by atoms with Crippen LogP contribution in [-0.2, 0) is 5.60 Å². The molecule has 0 spiro atoms. The van der Waals surface area contributed by atoms with Gasteiger partial charge in [0.1, 0.15) is 5.75 Å². The molecule has 0 aromatic heterocycles. The van der Waals surface area contributed by atoms with Gasteiger partial charge in [-0.05, 0) is 37.5 Å². The first-order valence-corrected chi connectivity index (χ1v) is 5.01. The van der Waals surface area contributed by atoms with Gasteiger partial charge in [0.2, 0.25) is 0 Å². The second kappa shape index (κ2) is 3.14. The predicted molar refractivity (Wildman–Crippen MR) is 55.9 cm³/mol. The van der Waals surface area contributed by atoms with Crippen molar-refractivity contribution in [2.45, 2.75) is 25.4 Å². The van der Waals surface area contributed by atoms with Crippen LogP contribution in [-0.4, -0.2) is 12.2 Å². The van der Waals surface area contributed by atoms with Gasteiger partial charge < -0.3 is 9.84 Å². The Morgan fingerprint density at radius 1 is 1.43 bits per heavy atom. The van der Waals surface area contributed by atoms with Crippen LogP contribution in [0.4, 0.5) is 0 Å². The Kier molecular flexibility index (Phi) is 2.20. The summed E-state index contributed by atoms with van der Waals surface area (Å²) in [5.74, 6) is 0.759. The van der Waals surface area contributed by atoms with E-state index in [1.807, 2.05) is 13.0 Å². The zero-order valence-corrected chi connectivity index (χ0v) is 9.06. The summed E-state index contributed by atoms with van der Waals surface area (Å²) in [7, 11) is 1.62. The van der Waals surface area contributed by atoms with Crippen molar-refractivity contribution in [3.8, 4) is 5.75 Å². The lowest BCUT2D eigenvalue weighted by Gasteiger charge is -2.16. The summed E-state index contributed by atoms with van der Waals surface area (Å²) < 4.78 is 5.28. The zero-order chi connectivity index (χ0) is 10.3. The van der Waals surface area contributed by atoms with Crippen LogP contribution in [0.1, 0.15) is 24.0 Å². The molecule has 0 radical (unpaired) electrons. The number of hydrogen-bond acceptors (Lipinski definition) is 2. The van der Waals surface area contributed by atoms with Gasteiger partial charge in [-0.3, -0.25) is 0 Å². The van der Waals surface area contributed by atoms with E-state index < -0.39 is 5.60 Å². The van der Waals surface area contributed by atoms with Crippen molar-refractivity contribution in [2.75, 3.05) is 7.11 Å². The van der Waals surface area contributed by atoms with E-state index in [4.69, 9.17) is 16.3 Å². The van der Waals surface area contributed by atoms with E-state index in [1.54, 1.807) is 13.2 Å². The molecule has 3 heteroatoms. The van der Waals surface area contributed by atoms with Crippen molar-refractivity contribution in [1.29, 1.82) is 0 Å². The van der Waals surface area contributed by atoms with E-state index in [0.29, 0.717) is 5.02 Å². The van der Waals surface area contributed by atoms with E-state index >= 15 is 0 Å². The molecule has 0 bridgehead atoms. The molecule has 1 aromatic rings. The molecule has 1 aromatic carbocycles. The summed E-state index contributed by atoms with van der Waals surface area (Å²) in [4.78, 5) is 0. The molecule has 0 unspecified atom stereocenters. The van der Waals surface area contributed by atoms with Crippen LogP contribution in [0.5, 0.6) is 5.75 Å². The van der Waals surface area contributed by atoms with Gasteiger partial charge in [-0.15, -0.1) is 0 Å². The van der Waals surface area contributed by atoms with Crippen molar-refractivity contribution in [2.24, 2.45) is 0 Å². The topological polar surface area (TPSA) is 29.5 Å². The molecule has 76 valence electrons. The number of benzene rings is 1. The normalized spacial score (nSPS) is 18.0. The summed E-state index contributed by atoms with van der Waals surface area (Å²) >= 11 is 5.95. The van der Waals surface area contributed by atoms with Gasteiger partial charge in [-0.25, -0.2) is 0 Å². The smallest absolute Gasteiger partial charge is 0.127 e. The van der Waals surface area contributed by atoms with Gasteiger partial charge >= 0.3 is 0 Å². The van der Waals surface area contributed by atoms with Gasteiger partial charge in [0.05, 0.1) is 12.7 Å². The minimum absolute atomic E-state index is 0.652. The van der Waals surface area contributed by atoms with Crippen LogP contribution >= 0.6 is 11.6 Å². The molecule has 0 amide bonds. The van der Waals surface area contributed by atoms with E-state index in [1.165, 1.54) is 0 Å². The van der Waals surface area contributed by atoms with Crippen molar-refractivity contribution in [3.05, 3.63) is 28.3 Å². The van der Waals surface area contributed by atoms with Crippen LogP contribution < -0.4 is 4.74 Å². The first kappa shape index (κ1) is 9.81. The molecule has 1 aliphatic rings. The number of ether oxygens (including phenoxy) is 1. The SMILES string of the molecule is COc1c(C)cc(Cl)cc1C1(O)CC1. The van der Waals surface area contributed by atoms with Crippen molar-refractivity contribution in [3.63, 3.8) is 0 Å². The maximum atomic E-state index is 10.0. The third-order valence-corrected chi connectivity index (χ3v) is 2.89. The monoisotopic (exact) mass is 212 g/mol. The highest BCUT2D eigenvalue weighted by Crippen LogP contribution is 2.50. The Labute approximate surface area is 88.5 Å².